The van der Waals surface area contributed by atoms with Gasteiger partial charge in [-0.1, -0.05) is 13.8 Å². The van der Waals surface area contributed by atoms with Crippen molar-refractivity contribution in [1.82, 2.24) is 10.3 Å². The maximum Gasteiger partial charge on any atom is 0.393 e. The highest BCUT2D eigenvalue weighted by Crippen LogP contribution is 2.20. The Labute approximate surface area is 103 Å². The second-order valence-corrected chi connectivity index (χ2v) is 5.32. The van der Waals surface area contributed by atoms with Crippen LogP contribution in [0.5, 0.6) is 6.08 Å². The van der Waals surface area contributed by atoms with E-state index in [1.165, 1.54) is 12.8 Å². The summed E-state index contributed by atoms with van der Waals surface area (Å²) in [5.74, 6) is 0.621. The minimum absolute atomic E-state index is 0.151. The van der Waals surface area contributed by atoms with Gasteiger partial charge in [0.2, 0.25) is 0 Å². The zero-order chi connectivity index (χ0) is 12.3. The van der Waals surface area contributed by atoms with Crippen LogP contribution < -0.4 is 10.1 Å². The summed E-state index contributed by atoms with van der Waals surface area (Å²) in [6.45, 7) is 7.18. The summed E-state index contributed by atoms with van der Waals surface area (Å²) >= 11 is 0. The van der Waals surface area contributed by atoms with E-state index in [1.54, 1.807) is 6.26 Å². The van der Waals surface area contributed by atoms with E-state index in [0.29, 0.717) is 18.0 Å². The molecular weight excluding hydrogens is 216 g/mol. The van der Waals surface area contributed by atoms with Crippen molar-refractivity contribution in [3.8, 4) is 6.08 Å². The lowest BCUT2D eigenvalue weighted by atomic mass is 10.1. The van der Waals surface area contributed by atoms with Gasteiger partial charge in [-0.15, -0.1) is 0 Å². The SMILES string of the molecule is CC(C)CC(C)Oc1nc(CNC2CC2)co1. The Morgan fingerprint density at radius 3 is 2.88 bits per heavy atom. The summed E-state index contributed by atoms with van der Waals surface area (Å²) in [6.07, 6.45) is 5.80. The predicted octanol–water partition coefficient (Wildman–Crippen LogP) is 2.74. The monoisotopic (exact) mass is 238 g/mol. The van der Waals surface area contributed by atoms with E-state index in [9.17, 15) is 0 Å². The van der Waals surface area contributed by atoms with Crippen LogP contribution in [0.15, 0.2) is 10.7 Å². The van der Waals surface area contributed by atoms with Gasteiger partial charge in [0.25, 0.3) is 0 Å². The topological polar surface area (TPSA) is 47.3 Å². The van der Waals surface area contributed by atoms with E-state index >= 15 is 0 Å². The van der Waals surface area contributed by atoms with Crippen molar-refractivity contribution < 1.29 is 9.15 Å². The minimum Gasteiger partial charge on any atom is -0.447 e. The number of hydrogen-bond acceptors (Lipinski definition) is 4. The first kappa shape index (κ1) is 12.4. The molecule has 0 aliphatic heterocycles. The molecule has 0 saturated heterocycles. The van der Waals surface area contributed by atoms with Gasteiger partial charge in [-0.25, -0.2) is 0 Å². The normalized spacial score (nSPS) is 17.4. The van der Waals surface area contributed by atoms with Gasteiger partial charge < -0.3 is 14.5 Å². The van der Waals surface area contributed by atoms with Gasteiger partial charge in [-0.05, 0) is 32.1 Å². The van der Waals surface area contributed by atoms with Crippen molar-refractivity contribution in [1.29, 1.82) is 0 Å². The Morgan fingerprint density at radius 2 is 2.24 bits per heavy atom. The third kappa shape index (κ3) is 4.38. The fraction of sp³-hybridized carbons (Fsp3) is 0.769. The first-order valence-electron chi connectivity index (χ1n) is 6.48. The summed E-state index contributed by atoms with van der Waals surface area (Å²) < 4.78 is 10.9. The van der Waals surface area contributed by atoms with Gasteiger partial charge in [0.1, 0.15) is 12.4 Å². The third-order valence-corrected chi connectivity index (χ3v) is 2.79. The molecule has 0 spiro atoms. The summed E-state index contributed by atoms with van der Waals surface area (Å²) in [5.41, 5.74) is 0.920. The molecule has 1 aromatic rings. The van der Waals surface area contributed by atoms with Crippen LogP contribution in [0, 0.1) is 5.92 Å². The average molecular weight is 238 g/mol. The molecule has 1 unspecified atom stereocenters. The molecule has 4 heteroatoms. The van der Waals surface area contributed by atoms with Gasteiger partial charge in [0.15, 0.2) is 0 Å². The number of oxazole rings is 1. The van der Waals surface area contributed by atoms with Gasteiger partial charge in [0, 0.05) is 12.6 Å². The summed E-state index contributed by atoms with van der Waals surface area (Å²) in [5, 5.41) is 3.39. The van der Waals surface area contributed by atoms with Gasteiger partial charge in [0.05, 0.1) is 5.69 Å². The fourth-order valence-corrected chi connectivity index (χ4v) is 1.84. The molecule has 2 rings (SSSR count). The predicted molar refractivity (Wildman–Crippen MR) is 65.9 cm³/mol. The van der Waals surface area contributed by atoms with Crippen molar-refractivity contribution in [3.05, 3.63) is 12.0 Å². The number of hydrogen-bond donors (Lipinski definition) is 1. The Balaban J connectivity index is 1.76. The van der Waals surface area contributed by atoms with Crippen LogP contribution in [-0.4, -0.2) is 17.1 Å². The molecule has 1 N–H and O–H groups in total. The van der Waals surface area contributed by atoms with Crippen LogP contribution in [0.4, 0.5) is 0 Å². The Bertz CT molecular complexity index is 345. The standard InChI is InChI=1S/C13H22N2O2/c1-9(2)6-10(3)17-13-15-12(8-16-13)7-14-11-4-5-11/h8-11,14H,4-7H2,1-3H3. The summed E-state index contributed by atoms with van der Waals surface area (Å²) in [7, 11) is 0. The van der Waals surface area contributed by atoms with E-state index in [-0.39, 0.29) is 6.10 Å². The van der Waals surface area contributed by atoms with E-state index in [1.807, 2.05) is 6.92 Å². The molecule has 0 amide bonds. The summed E-state index contributed by atoms with van der Waals surface area (Å²) in [6, 6.07) is 0.691. The van der Waals surface area contributed by atoms with Crippen molar-refractivity contribution in [2.24, 2.45) is 5.92 Å². The van der Waals surface area contributed by atoms with E-state index < -0.39 is 0 Å². The molecule has 17 heavy (non-hydrogen) atoms. The number of nitrogens with one attached hydrogen (secondary N) is 1. The molecule has 96 valence electrons. The Hall–Kier alpha value is -1.03. The molecule has 1 saturated carbocycles. The van der Waals surface area contributed by atoms with E-state index in [4.69, 9.17) is 9.15 Å². The lowest BCUT2D eigenvalue weighted by Crippen LogP contribution is -2.16. The Morgan fingerprint density at radius 1 is 1.47 bits per heavy atom. The van der Waals surface area contributed by atoms with Gasteiger partial charge in [-0.3, -0.25) is 0 Å². The lowest BCUT2D eigenvalue weighted by molar-refractivity contribution is 0.142. The molecule has 0 aromatic carbocycles. The van der Waals surface area contributed by atoms with Crippen LogP contribution in [0.2, 0.25) is 0 Å². The smallest absolute Gasteiger partial charge is 0.393 e. The lowest BCUT2D eigenvalue weighted by Gasteiger charge is -2.12. The van der Waals surface area contributed by atoms with Crippen molar-refractivity contribution in [2.75, 3.05) is 0 Å². The number of ether oxygens (including phenoxy) is 1. The highest BCUT2D eigenvalue weighted by Gasteiger charge is 2.20. The first-order valence-corrected chi connectivity index (χ1v) is 6.48. The fourth-order valence-electron chi connectivity index (χ4n) is 1.84. The molecule has 1 aliphatic rings. The zero-order valence-corrected chi connectivity index (χ0v) is 10.9. The minimum atomic E-state index is 0.151. The van der Waals surface area contributed by atoms with Crippen LogP contribution in [-0.2, 0) is 6.54 Å². The van der Waals surface area contributed by atoms with Gasteiger partial charge >= 0.3 is 6.08 Å². The maximum atomic E-state index is 5.62. The zero-order valence-electron chi connectivity index (χ0n) is 10.9. The number of nitrogens with zero attached hydrogens (tertiary/aromatic N) is 1. The molecule has 1 atom stereocenters. The molecular formula is C13H22N2O2. The maximum absolute atomic E-state index is 5.62. The second-order valence-electron chi connectivity index (χ2n) is 5.32. The molecule has 1 fully saturated rings. The molecule has 1 aromatic heterocycles. The quantitative estimate of drug-likeness (QED) is 0.793. The largest absolute Gasteiger partial charge is 0.447 e. The van der Waals surface area contributed by atoms with Gasteiger partial charge in [-0.2, -0.15) is 4.98 Å². The van der Waals surface area contributed by atoms with Crippen molar-refractivity contribution in [2.45, 2.75) is 58.7 Å². The summed E-state index contributed by atoms with van der Waals surface area (Å²) in [4.78, 5) is 4.31. The number of rotatable bonds is 7. The van der Waals surface area contributed by atoms with Crippen LogP contribution in [0.3, 0.4) is 0 Å². The molecule has 0 radical (unpaired) electrons. The number of aromatic nitrogens is 1. The van der Waals surface area contributed by atoms with Crippen LogP contribution in [0.1, 0.15) is 45.7 Å². The van der Waals surface area contributed by atoms with E-state index in [0.717, 1.165) is 18.7 Å². The van der Waals surface area contributed by atoms with Crippen molar-refractivity contribution >= 4 is 0 Å². The molecule has 4 nitrogen and oxygen atoms in total. The average Bonchev–Trinajstić information content (AvgIpc) is 2.96. The highest BCUT2D eigenvalue weighted by molar-refractivity contribution is 5.00. The third-order valence-electron chi connectivity index (χ3n) is 2.79. The molecule has 1 heterocycles. The Kier molecular flexibility index (Phi) is 4.05. The van der Waals surface area contributed by atoms with Crippen molar-refractivity contribution in [3.63, 3.8) is 0 Å². The van der Waals surface area contributed by atoms with Crippen LogP contribution >= 0.6 is 0 Å². The molecule has 1 aliphatic carbocycles. The molecule has 0 bridgehead atoms. The van der Waals surface area contributed by atoms with Crippen LogP contribution in [0.25, 0.3) is 0 Å². The second kappa shape index (κ2) is 5.54. The first-order chi connectivity index (χ1) is 8.13. The van der Waals surface area contributed by atoms with E-state index in [2.05, 4.69) is 24.1 Å². The highest BCUT2D eigenvalue weighted by atomic mass is 16.6.